The Bertz CT molecular complexity index is 634. The van der Waals surface area contributed by atoms with Gasteiger partial charge in [-0.25, -0.2) is 0 Å². The second kappa shape index (κ2) is 9.01. The third kappa shape index (κ3) is 8.05. The first-order valence-corrected chi connectivity index (χ1v) is 11.9. The first kappa shape index (κ1) is 26.1. The van der Waals surface area contributed by atoms with Crippen molar-refractivity contribution in [2.24, 2.45) is 11.8 Å². The first-order valence-electron chi connectivity index (χ1n) is 11.9. The topological polar surface area (TPSA) is 76.7 Å². The molecule has 0 aromatic carbocycles. The third-order valence-corrected chi connectivity index (χ3v) is 6.38. The maximum Gasteiger partial charge on any atom is 0.310 e. The van der Waals surface area contributed by atoms with Crippen LogP contribution in [-0.2, 0) is 19.1 Å². The van der Waals surface area contributed by atoms with E-state index in [0.29, 0.717) is 0 Å². The fourth-order valence-corrected chi connectivity index (χ4v) is 5.88. The molecule has 1 atom stereocenters. The summed E-state index contributed by atoms with van der Waals surface area (Å²) in [6.07, 6.45) is 2.82. The lowest BCUT2D eigenvalue weighted by molar-refractivity contribution is -0.167. The van der Waals surface area contributed by atoms with Gasteiger partial charge in [-0.05, 0) is 61.3 Å². The Hall–Kier alpha value is -1.14. The summed E-state index contributed by atoms with van der Waals surface area (Å²) in [6.45, 7) is 21.0. The summed E-state index contributed by atoms with van der Waals surface area (Å²) < 4.78 is 11.8. The monoisotopic (exact) mass is 438 g/mol. The zero-order valence-electron chi connectivity index (χ0n) is 21.5. The first-order chi connectivity index (χ1) is 13.9. The molecule has 0 saturated carbocycles. The molecule has 1 unspecified atom stereocenters. The summed E-state index contributed by atoms with van der Waals surface area (Å²) in [4.78, 5) is 25.8. The van der Waals surface area contributed by atoms with Crippen molar-refractivity contribution in [2.75, 3.05) is 0 Å². The van der Waals surface area contributed by atoms with Crippen LogP contribution in [0.4, 0.5) is 0 Å². The highest BCUT2D eigenvalue weighted by atomic mass is 16.6. The maximum atomic E-state index is 13.0. The van der Waals surface area contributed by atoms with Crippen molar-refractivity contribution in [1.82, 2.24) is 10.6 Å². The molecule has 0 radical (unpaired) electrons. The summed E-state index contributed by atoms with van der Waals surface area (Å²) in [5, 5.41) is 7.21. The van der Waals surface area contributed by atoms with Gasteiger partial charge in [-0.2, -0.15) is 0 Å². The van der Waals surface area contributed by atoms with E-state index in [4.69, 9.17) is 9.47 Å². The fraction of sp³-hybridized carbons (Fsp3) is 0.920. The van der Waals surface area contributed by atoms with E-state index in [1.54, 1.807) is 0 Å². The van der Waals surface area contributed by atoms with E-state index in [0.717, 1.165) is 25.7 Å². The van der Waals surface area contributed by atoms with Crippen LogP contribution in [0.1, 0.15) is 101 Å². The quantitative estimate of drug-likeness (QED) is 0.600. The summed E-state index contributed by atoms with van der Waals surface area (Å²) >= 11 is 0. The minimum Gasteiger partial charge on any atom is -0.462 e. The number of hydrogen-bond donors (Lipinski definition) is 2. The summed E-state index contributed by atoms with van der Waals surface area (Å²) in [5.74, 6) is -1.07. The van der Waals surface area contributed by atoms with Crippen LogP contribution in [0.2, 0.25) is 0 Å². The molecule has 2 fully saturated rings. The molecule has 180 valence electrons. The Morgan fingerprint density at radius 1 is 0.742 bits per heavy atom. The predicted octanol–water partition coefficient (Wildman–Crippen LogP) is 4.35. The zero-order chi connectivity index (χ0) is 23.8. The maximum absolute atomic E-state index is 13.0. The van der Waals surface area contributed by atoms with E-state index in [1.165, 1.54) is 0 Å². The summed E-state index contributed by atoms with van der Waals surface area (Å²) in [7, 11) is 0. The molecule has 2 aliphatic heterocycles. The van der Waals surface area contributed by atoms with E-state index < -0.39 is 5.92 Å². The van der Waals surface area contributed by atoms with Crippen LogP contribution in [0.5, 0.6) is 0 Å². The number of carbonyl (C=O) groups is 2. The Balaban J connectivity index is 1.99. The molecule has 31 heavy (non-hydrogen) atoms. The third-order valence-electron chi connectivity index (χ3n) is 6.38. The molecule has 6 nitrogen and oxygen atoms in total. The molecular formula is C25H46N2O4. The van der Waals surface area contributed by atoms with Crippen molar-refractivity contribution in [3.63, 3.8) is 0 Å². The van der Waals surface area contributed by atoms with Crippen molar-refractivity contribution >= 4 is 11.9 Å². The molecule has 6 heteroatoms. The molecule has 0 aromatic rings. The molecule has 2 aliphatic rings. The number of hydrogen-bond acceptors (Lipinski definition) is 6. The van der Waals surface area contributed by atoms with Crippen molar-refractivity contribution in [1.29, 1.82) is 0 Å². The van der Waals surface area contributed by atoms with Crippen molar-refractivity contribution in [3.05, 3.63) is 0 Å². The second-order valence-electron chi connectivity index (χ2n) is 12.8. The van der Waals surface area contributed by atoms with E-state index in [2.05, 4.69) is 66.0 Å². The standard InChI is InChI=1S/C25H46N2O4/c1-16(2)19(21(29)31-18-14-24(7,8)27-25(9,10)15-18)11-20(28)30-17-12-22(3,4)26-23(5,6)13-17/h16-19,26-27H,11-15H2,1-10H3. The van der Waals surface area contributed by atoms with Crippen molar-refractivity contribution in [3.8, 4) is 0 Å². The van der Waals surface area contributed by atoms with Gasteiger partial charge >= 0.3 is 11.9 Å². The smallest absolute Gasteiger partial charge is 0.310 e. The number of esters is 2. The van der Waals surface area contributed by atoms with Crippen LogP contribution in [0.15, 0.2) is 0 Å². The Morgan fingerprint density at radius 3 is 1.45 bits per heavy atom. The average Bonchev–Trinajstić information content (AvgIpc) is 2.45. The van der Waals surface area contributed by atoms with Gasteiger partial charge in [0.25, 0.3) is 0 Å². The minimum atomic E-state index is -0.489. The highest BCUT2D eigenvalue weighted by molar-refractivity contribution is 5.80. The molecule has 0 bridgehead atoms. The number of piperidine rings is 2. The van der Waals surface area contributed by atoms with Gasteiger partial charge in [0.15, 0.2) is 0 Å². The van der Waals surface area contributed by atoms with Gasteiger partial charge in [-0.3, -0.25) is 9.59 Å². The Labute approximate surface area is 189 Å². The van der Waals surface area contributed by atoms with Gasteiger partial charge in [-0.15, -0.1) is 0 Å². The molecule has 2 heterocycles. The van der Waals surface area contributed by atoms with Crippen LogP contribution in [0, 0.1) is 11.8 Å². The Morgan fingerprint density at radius 2 is 1.10 bits per heavy atom. The number of ether oxygens (including phenoxy) is 2. The lowest BCUT2D eigenvalue weighted by Crippen LogP contribution is -2.60. The van der Waals surface area contributed by atoms with E-state index in [1.807, 2.05) is 13.8 Å². The molecule has 0 spiro atoms. The van der Waals surface area contributed by atoms with Crippen LogP contribution in [-0.4, -0.2) is 46.3 Å². The van der Waals surface area contributed by atoms with Crippen LogP contribution >= 0.6 is 0 Å². The van der Waals surface area contributed by atoms with Crippen molar-refractivity contribution < 1.29 is 19.1 Å². The zero-order valence-corrected chi connectivity index (χ0v) is 21.5. The van der Waals surface area contributed by atoms with Gasteiger partial charge in [0.05, 0.1) is 12.3 Å². The van der Waals surface area contributed by atoms with E-state index in [-0.39, 0.29) is 58.6 Å². The predicted molar refractivity (Wildman–Crippen MR) is 124 cm³/mol. The molecule has 0 aliphatic carbocycles. The van der Waals surface area contributed by atoms with Gasteiger partial charge in [0, 0.05) is 47.8 Å². The van der Waals surface area contributed by atoms with Crippen LogP contribution in [0.3, 0.4) is 0 Å². The Kier molecular flexibility index (Phi) is 7.59. The van der Waals surface area contributed by atoms with Crippen LogP contribution < -0.4 is 10.6 Å². The van der Waals surface area contributed by atoms with Crippen molar-refractivity contribution in [2.45, 2.75) is 136 Å². The summed E-state index contributed by atoms with van der Waals surface area (Å²) in [5.41, 5.74) is -0.406. The summed E-state index contributed by atoms with van der Waals surface area (Å²) in [6, 6.07) is 0. The molecular weight excluding hydrogens is 392 g/mol. The van der Waals surface area contributed by atoms with E-state index in [9.17, 15) is 9.59 Å². The second-order valence-corrected chi connectivity index (χ2v) is 12.8. The lowest BCUT2D eigenvalue weighted by Gasteiger charge is -2.46. The normalized spacial score (nSPS) is 26.3. The number of carbonyl (C=O) groups excluding carboxylic acids is 2. The molecule has 2 saturated heterocycles. The van der Waals surface area contributed by atoms with Gasteiger partial charge in [-0.1, -0.05) is 13.8 Å². The molecule has 0 amide bonds. The largest absolute Gasteiger partial charge is 0.462 e. The van der Waals surface area contributed by atoms with Gasteiger partial charge < -0.3 is 20.1 Å². The van der Waals surface area contributed by atoms with Crippen LogP contribution in [0.25, 0.3) is 0 Å². The van der Waals surface area contributed by atoms with Gasteiger partial charge in [0.2, 0.25) is 0 Å². The fourth-order valence-electron chi connectivity index (χ4n) is 5.88. The highest BCUT2D eigenvalue weighted by Crippen LogP contribution is 2.33. The highest BCUT2D eigenvalue weighted by Gasteiger charge is 2.42. The minimum absolute atomic E-state index is 0.00342. The van der Waals surface area contributed by atoms with Gasteiger partial charge in [0.1, 0.15) is 12.2 Å². The van der Waals surface area contributed by atoms with E-state index >= 15 is 0 Å². The molecule has 0 aromatic heterocycles. The SMILES string of the molecule is CC(C)C(CC(=O)OC1CC(C)(C)NC(C)(C)C1)C(=O)OC1CC(C)(C)NC(C)(C)C1. The average molecular weight is 439 g/mol. The molecule has 2 N–H and O–H groups in total. The number of nitrogens with one attached hydrogen (secondary N) is 2. The number of rotatable bonds is 6. The molecule has 2 rings (SSSR count). The lowest BCUT2D eigenvalue weighted by atomic mass is 9.80.